The highest BCUT2D eigenvalue weighted by Gasteiger charge is 2.17. The molecule has 0 aliphatic heterocycles. The Labute approximate surface area is 138 Å². The molecule has 1 aromatic carbocycles. The summed E-state index contributed by atoms with van der Waals surface area (Å²) in [5, 5.41) is 2.85. The van der Waals surface area contributed by atoms with Crippen LogP contribution in [0.2, 0.25) is 0 Å². The number of hydrogen-bond donors (Lipinski definition) is 1. The Morgan fingerprint density at radius 3 is 2.59 bits per heavy atom. The van der Waals surface area contributed by atoms with Crippen LogP contribution in [-0.4, -0.2) is 36.6 Å². The number of rotatable bonds is 5. The summed E-state index contributed by atoms with van der Waals surface area (Å²) in [6.45, 7) is 1.98. The minimum Gasteiger partial charge on any atom is -0.332 e. The largest absolute Gasteiger partial charge is 0.332 e. The highest BCUT2D eigenvalue weighted by Crippen LogP contribution is 2.24. The molecular weight excluding hydrogens is 316 g/mol. The number of nitrogens with one attached hydrogen (secondary N) is 1. The number of nitrogens with zero attached hydrogens (tertiary/aromatic N) is 1. The molecule has 22 heavy (non-hydrogen) atoms. The van der Waals surface area contributed by atoms with E-state index >= 15 is 0 Å². The van der Waals surface area contributed by atoms with Crippen LogP contribution in [0.15, 0.2) is 41.3 Å². The lowest BCUT2D eigenvalue weighted by atomic mass is 10.3. The summed E-state index contributed by atoms with van der Waals surface area (Å²) in [7, 11) is 1.64. The van der Waals surface area contributed by atoms with Gasteiger partial charge in [-0.2, -0.15) is 0 Å². The van der Waals surface area contributed by atoms with E-state index in [-0.39, 0.29) is 18.4 Å². The number of carbonyl (C=O) groups excluding carboxylic acids is 2. The van der Waals surface area contributed by atoms with Crippen molar-refractivity contribution in [3.8, 4) is 0 Å². The van der Waals surface area contributed by atoms with Gasteiger partial charge in [-0.1, -0.05) is 12.1 Å². The fraction of sp³-hybridized carbons (Fsp3) is 0.250. The molecule has 0 radical (unpaired) electrons. The van der Waals surface area contributed by atoms with Crippen LogP contribution in [0.25, 0.3) is 0 Å². The molecule has 0 saturated heterocycles. The zero-order chi connectivity index (χ0) is 16.1. The molecule has 1 aromatic heterocycles. The van der Waals surface area contributed by atoms with Crippen LogP contribution >= 0.6 is 23.1 Å². The van der Waals surface area contributed by atoms with Crippen LogP contribution in [0.4, 0.5) is 5.69 Å². The number of para-hydroxylation sites is 1. The van der Waals surface area contributed by atoms with Gasteiger partial charge in [0.2, 0.25) is 5.91 Å². The molecule has 6 heteroatoms. The molecule has 2 rings (SSSR count). The first-order chi connectivity index (χ1) is 10.5. The number of anilines is 1. The van der Waals surface area contributed by atoms with Crippen LogP contribution in [0.3, 0.4) is 0 Å². The maximum Gasteiger partial charge on any atom is 0.264 e. The van der Waals surface area contributed by atoms with Crippen molar-refractivity contribution in [2.45, 2.75) is 11.8 Å². The Hall–Kier alpha value is -1.79. The molecule has 0 atom stereocenters. The third-order valence-corrected chi connectivity index (χ3v) is 4.84. The summed E-state index contributed by atoms with van der Waals surface area (Å²) in [4.78, 5) is 28.5. The molecule has 1 N–H and O–H groups in total. The van der Waals surface area contributed by atoms with Crippen LogP contribution < -0.4 is 5.32 Å². The molecule has 0 saturated carbocycles. The predicted molar refractivity (Wildman–Crippen MR) is 92.9 cm³/mol. The van der Waals surface area contributed by atoms with E-state index < -0.39 is 0 Å². The first-order valence-corrected chi connectivity index (χ1v) is 8.80. The molecule has 4 nitrogen and oxygen atoms in total. The first kappa shape index (κ1) is 16.6. The van der Waals surface area contributed by atoms with Gasteiger partial charge in [0.15, 0.2) is 0 Å². The van der Waals surface area contributed by atoms with Crippen molar-refractivity contribution >= 4 is 40.6 Å². The number of likely N-dealkylation sites (N-methyl/N-ethyl adjacent to an activating group) is 1. The van der Waals surface area contributed by atoms with Crippen molar-refractivity contribution in [3.63, 3.8) is 0 Å². The lowest BCUT2D eigenvalue weighted by Gasteiger charge is -2.16. The van der Waals surface area contributed by atoms with E-state index in [1.54, 1.807) is 24.9 Å². The Kier molecular flexibility index (Phi) is 5.63. The molecule has 2 amide bonds. The second-order valence-corrected chi connectivity index (χ2v) is 6.96. The highest BCUT2D eigenvalue weighted by atomic mass is 32.2. The van der Waals surface area contributed by atoms with Crippen LogP contribution in [0, 0.1) is 6.92 Å². The van der Waals surface area contributed by atoms with E-state index in [1.807, 2.05) is 43.5 Å². The van der Waals surface area contributed by atoms with Crippen LogP contribution in [0.5, 0.6) is 0 Å². The van der Waals surface area contributed by atoms with E-state index in [2.05, 4.69) is 5.32 Å². The van der Waals surface area contributed by atoms with Gasteiger partial charge in [0.1, 0.15) is 0 Å². The number of aryl methyl sites for hydroxylation is 1. The topological polar surface area (TPSA) is 49.4 Å². The van der Waals surface area contributed by atoms with Gasteiger partial charge in [-0.05, 0) is 37.4 Å². The van der Waals surface area contributed by atoms with Gasteiger partial charge < -0.3 is 10.2 Å². The van der Waals surface area contributed by atoms with Crippen molar-refractivity contribution in [2.24, 2.45) is 0 Å². The van der Waals surface area contributed by atoms with E-state index in [9.17, 15) is 9.59 Å². The van der Waals surface area contributed by atoms with Crippen molar-refractivity contribution < 1.29 is 9.59 Å². The van der Waals surface area contributed by atoms with Gasteiger partial charge in [0.05, 0.1) is 17.1 Å². The number of benzene rings is 1. The van der Waals surface area contributed by atoms with Gasteiger partial charge in [-0.25, -0.2) is 0 Å². The Morgan fingerprint density at radius 2 is 1.95 bits per heavy atom. The highest BCUT2D eigenvalue weighted by molar-refractivity contribution is 7.98. The molecule has 0 fully saturated rings. The average molecular weight is 334 g/mol. The zero-order valence-electron chi connectivity index (χ0n) is 12.8. The number of hydrogen-bond acceptors (Lipinski definition) is 4. The summed E-state index contributed by atoms with van der Waals surface area (Å²) in [6, 6.07) is 11.3. The van der Waals surface area contributed by atoms with Crippen molar-refractivity contribution in [2.75, 3.05) is 25.2 Å². The predicted octanol–water partition coefficient (Wildman–Crippen LogP) is 3.49. The Balaban J connectivity index is 1.98. The Morgan fingerprint density at radius 1 is 1.23 bits per heavy atom. The minimum absolute atomic E-state index is 0.0263. The lowest BCUT2D eigenvalue weighted by molar-refractivity contribution is -0.116. The molecule has 0 aliphatic carbocycles. The van der Waals surface area contributed by atoms with Gasteiger partial charge in [0.25, 0.3) is 5.91 Å². The SMILES string of the molecule is CSc1ccccc1NC(=O)CN(C)C(=O)c1ccc(C)s1. The lowest BCUT2D eigenvalue weighted by Crippen LogP contribution is -2.34. The number of thiophene rings is 1. The molecular formula is C16H18N2O2S2. The quantitative estimate of drug-likeness (QED) is 0.852. The summed E-state index contributed by atoms with van der Waals surface area (Å²) in [6.07, 6.45) is 1.96. The van der Waals surface area contributed by atoms with Gasteiger partial charge in [0, 0.05) is 16.8 Å². The first-order valence-electron chi connectivity index (χ1n) is 6.76. The fourth-order valence-corrected chi connectivity index (χ4v) is 3.38. The maximum atomic E-state index is 12.2. The zero-order valence-corrected chi connectivity index (χ0v) is 14.4. The molecule has 2 aromatic rings. The summed E-state index contributed by atoms with van der Waals surface area (Å²) in [5.74, 6) is -0.336. The number of thioether (sulfide) groups is 1. The van der Waals surface area contributed by atoms with E-state index in [0.29, 0.717) is 4.88 Å². The number of carbonyl (C=O) groups is 2. The third kappa shape index (κ3) is 4.11. The van der Waals surface area contributed by atoms with E-state index in [0.717, 1.165) is 15.5 Å². The summed E-state index contributed by atoms with van der Waals surface area (Å²) < 4.78 is 0. The van der Waals surface area contributed by atoms with Gasteiger partial charge in [-0.3, -0.25) is 9.59 Å². The molecule has 0 unspecified atom stereocenters. The van der Waals surface area contributed by atoms with Crippen LogP contribution in [-0.2, 0) is 4.79 Å². The van der Waals surface area contributed by atoms with Crippen molar-refractivity contribution in [1.82, 2.24) is 4.90 Å². The van der Waals surface area contributed by atoms with E-state index in [4.69, 9.17) is 0 Å². The van der Waals surface area contributed by atoms with Crippen molar-refractivity contribution in [3.05, 3.63) is 46.2 Å². The van der Waals surface area contributed by atoms with E-state index in [1.165, 1.54) is 16.2 Å². The standard InChI is InChI=1S/C16H18N2O2S2/c1-11-8-9-14(22-11)16(20)18(2)10-15(19)17-12-6-4-5-7-13(12)21-3/h4-9H,10H2,1-3H3,(H,17,19). The van der Waals surface area contributed by atoms with Gasteiger partial charge >= 0.3 is 0 Å². The second kappa shape index (κ2) is 7.47. The molecule has 116 valence electrons. The van der Waals surface area contributed by atoms with Crippen molar-refractivity contribution in [1.29, 1.82) is 0 Å². The Bertz CT molecular complexity index is 682. The molecule has 0 spiro atoms. The number of amides is 2. The summed E-state index contributed by atoms with van der Waals surface area (Å²) >= 11 is 3.00. The fourth-order valence-electron chi connectivity index (χ4n) is 1.96. The molecule has 0 aliphatic rings. The average Bonchev–Trinajstić information content (AvgIpc) is 2.93. The normalized spacial score (nSPS) is 10.3. The van der Waals surface area contributed by atoms with Gasteiger partial charge in [-0.15, -0.1) is 23.1 Å². The summed E-state index contributed by atoms with van der Waals surface area (Å²) in [5.41, 5.74) is 0.771. The van der Waals surface area contributed by atoms with Crippen LogP contribution in [0.1, 0.15) is 14.5 Å². The molecule has 1 heterocycles. The minimum atomic E-state index is -0.203. The smallest absolute Gasteiger partial charge is 0.264 e. The molecule has 0 bridgehead atoms. The second-order valence-electron chi connectivity index (χ2n) is 4.82. The third-order valence-electron chi connectivity index (χ3n) is 3.06. The monoisotopic (exact) mass is 334 g/mol. The maximum absolute atomic E-state index is 12.2.